The van der Waals surface area contributed by atoms with Gasteiger partial charge >= 0.3 is 0 Å². The molecule has 1 aromatic carbocycles. The molecule has 0 radical (unpaired) electrons. The molecule has 0 saturated carbocycles. The first-order valence-electron chi connectivity index (χ1n) is 8.27. The number of rotatable bonds is 6. The van der Waals surface area contributed by atoms with Crippen LogP contribution in [0.3, 0.4) is 0 Å². The Morgan fingerprint density at radius 3 is 2.81 bits per heavy atom. The van der Waals surface area contributed by atoms with Crippen molar-refractivity contribution >= 4 is 11.7 Å². The Morgan fingerprint density at radius 1 is 1.23 bits per heavy atom. The Morgan fingerprint density at radius 2 is 2.04 bits per heavy atom. The van der Waals surface area contributed by atoms with E-state index in [1.165, 1.54) is 0 Å². The molecule has 2 heterocycles. The summed E-state index contributed by atoms with van der Waals surface area (Å²) in [6.45, 7) is 6.07. The van der Waals surface area contributed by atoms with Crippen LogP contribution in [0.4, 0.5) is 5.82 Å². The van der Waals surface area contributed by atoms with Gasteiger partial charge in [-0.1, -0.05) is 12.1 Å². The van der Waals surface area contributed by atoms with Gasteiger partial charge in [0, 0.05) is 11.3 Å². The van der Waals surface area contributed by atoms with Crippen molar-refractivity contribution in [2.75, 3.05) is 5.32 Å². The maximum Gasteiger partial charge on any atom is 0.256 e. The van der Waals surface area contributed by atoms with Gasteiger partial charge in [-0.2, -0.15) is 0 Å². The fourth-order valence-corrected chi connectivity index (χ4v) is 2.38. The predicted octanol–water partition coefficient (Wildman–Crippen LogP) is 2.79. The highest BCUT2D eigenvalue weighted by Gasteiger charge is 2.11. The van der Waals surface area contributed by atoms with Gasteiger partial charge in [-0.25, -0.2) is 9.67 Å². The molecular formula is C18H20N6O2. The van der Waals surface area contributed by atoms with Gasteiger partial charge in [0.1, 0.15) is 18.2 Å². The normalized spacial score (nSPS) is 10.8. The molecule has 2 aromatic heterocycles. The zero-order valence-electron chi connectivity index (χ0n) is 14.9. The van der Waals surface area contributed by atoms with Crippen LogP contribution in [-0.4, -0.2) is 31.1 Å². The first-order valence-corrected chi connectivity index (χ1v) is 8.27. The predicted molar refractivity (Wildman–Crippen MR) is 95.9 cm³/mol. The van der Waals surface area contributed by atoms with Gasteiger partial charge in [-0.05, 0) is 61.5 Å². The third kappa shape index (κ3) is 4.21. The molecule has 3 aromatic rings. The van der Waals surface area contributed by atoms with Crippen LogP contribution >= 0.6 is 0 Å². The number of aryl methyl sites for hydroxylation is 1. The number of carbonyl (C=O) groups excluding carboxylic acids is 1. The highest BCUT2D eigenvalue weighted by Crippen LogP contribution is 2.16. The molecule has 1 N–H and O–H groups in total. The van der Waals surface area contributed by atoms with Crippen LogP contribution in [0.2, 0.25) is 0 Å². The van der Waals surface area contributed by atoms with Crippen molar-refractivity contribution in [3.05, 3.63) is 59.5 Å². The van der Waals surface area contributed by atoms with Crippen LogP contribution in [-0.2, 0) is 6.61 Å². The number of benzene rings is 1. The lowest BCUT2D eigenvalue weighted by atomic mass is 10.2. The van der Waals surface area contributed by atoms with E-state index in [9.17, 15) is 4.79 Å². The Kier molecular flexibility index (Phi) is 5.21. The highest BCUT2D eigenvalue weighted by molar-refractivity contribution is 6.03. The van der Waals surface area contributed by atoms with E-state index in [1.807, 2.05) is 32.9 Å². The van der Waals surface area contributed by atoms with E-state index in [2.05, 4.69) is 25.8 Å². The molecule has 0 aliphatic carbocycles. The molecule has 134 valence electrons. The van der Waals surface area contributed by atoms with Gasteiger partial charge in [0.25, 0.3) is 5.91 Å². The van der Waals surface area contributed by atoms with Crippen molar-refractivity contribution in [3.63, 3.8) is 0 Å². The monoisotopic (exact) mass is 352 g/mol. The molecule has 1 amide bonds. The molecular weight excluding hydrogens is 332 g/mol. The van der Waals surface area contributed by atoms with E-state index < -0.39 is 0 Å². The van der Waals surface area contributed by atoms with Crippen molar-refractivity contribution in [1.82, 2.24) is 25.2 Å². The number of pyridine rings is 1. The molecule has 8 nitrogen and oxygen atoms in total. The fraction of sp³-hybridized carbons (Fsp3) is 0.278. The maximum atomic E-state index is 12.4. The average molecular weight is 352 g/mol. The number of aromatic nitrogens is 5. The molecule has 0 atom stereocenters. The highest BCUT2D eigenvalue weighted by atomic mass is 16.5. The van der Waals surface area contributed by atoms with Crippen molar-refractivity contribution < 1.29 is 9.53 Å². The summed E-state index contributed by atoms with van der Waals surface area (Å²) >= 11 is 0. The molecule has 0 fully saturated rings. The topological polar surface area (TPSA) is 94.8 Å². The number of nitrogens with zero attached hydrogens (tertiary/aromatic N) is 5. The third-order valence-corrected chi connectivity index (χ3v) is 3.64. The van der Waals surface area contributed by atoms with Gasteiger partial charge in [0.05, 0.1) is 6.04 Å². The van der Waals surface area contributed by atoms with Crippen molar-refractivity contribution in [2.24, 2.45) is 0 Å². The average Bonchev–Trinajstić information content (AvgIpc) is 3.09. The van der Waals surface area contributed by atoms with Gasteiger partial charge < -0.3 is 10.1 Å². The molecule has 0 aliphatic heterocycles. The Bertz CT molecular complexity index is 906. The summed E-state index contributed by atoms with van der Waals surface area (Å²) in [5.41, 5.74) is 1.32. The number of amides is 1. The summed E-state index contributed by atoms with van der Waals surface area (Å²) in [6.07, 6.45) is 0. The largest absolute Gasteiger partial charge is 0.486 e. The van der Waals surface area contributed by atoms with E-state index >= 15 is 0 Å². The molecule has 8 heteroatoms. The van der Waals surface area contributed by atoms with E-state index in [1.54, 1.807) is 35.0 Å². The number of hydrogen-bond donors (Lipinski definition) is 1. The summed E-state index contributed by atoms with van der Waals surface area (Å²) in [5.74, 6) is 1.45. The summed E-state index contributed by atoms with van der Waals surface area (Å²) < 4.78 is 7.44. The van der Waals surface area contributed by atoms with Gasteiger partial charge in [0.2, 0.25) is 0 Å². The fourth-order valence-electron chi connectivity index (χ4n) is 2.38. The molecule has 0 spiro atoms. The van der Waals surface area contributed by atoms with E-state index in [0.29, 0.717) is 23.0 Å². The van der Waals surface area contributed by atoms with Crippen LogP contribution in [0.25, 0.3) is 0 Å². The zero-order chi connectivity index (χ0) is 18.5. The second-order valence-corrected chi connectivity index (χ2v) is 6.07. The minimum Gasteiger partial charge on any atom is -0.486 e. The standard InChI is InChI=1S/C18H20N6O2/c1-12(2)24-17(21-22-23-24)11-26-15-8-5-7-14(10-15)18(25)20-16-9-4-6-13(3)19-16/h4-10,12H,11H2,1-3H3,(H,19,20,25). The van der Waals surface area contributed by atoms with Crippen molar-refractivity contribution in [2.45, 2.75) is 33.4 Å². The molecule has 26 heavy (non-hydrogen) atoms. The molecule has 0 saturated heterocycles. The van der Waals surface area contributed by atoms with Crippen molar-refractivity contribution in [1.29, 1.82) is 0 Å². The number of tetrazole rings is 1. The summed E-state index contributed by atoms with van der Waals surface area (Å²) in [6, 6.07) is 12.5. The van der Waals surface area contributed by atoms with Crippen LogP contribution < -0.4 is 10.1 Å². The lowest BCUT2D eigenvalue weighted by Gasteiger charge is -2.10. The van der Waals surface area contributed by atoms with Crippen LogP contribution in [0, 0.1) is 6.92 Å². The number of anilines is 1. The Hall–Kier alpha value is -3.29. The maximum absolute atomic E-state index is 12.4. The van der Waals surface area contributed by atoms with Gasteiger partial charge in [-0.15, -0.1) is 5.10 Å². The molecule has 0 bridgehead atoms. The van der Waals surface area contributed by atoms with E-state index in [0.717, 1.165) is 5.69 Å². The molecule has 0 unspecified atom stereocenters. The molecule has 3 rings (SSSR count). The first kappa shape index (κ1) is 17.5. The smallest absolute Gasteiger partial charge is 0.256 e. The third-order valence-electron chi connectivity index (χ3n) is 3.64. The van der Waals surface area contributed by atoms with E-state index in [4.69, 9.17) is 4.74 Å². The molecule has 0 aliphatic rings. The second-order valence-electron chi connectivity index (χ2n) is 6.07. The minimum absolute atomic E-state index is 0.141. The van der Waals surface area contributed by atoms with Gasteiger partial charge in [0.15, 0.2) is 5.82 Å². The lowest BCUT2D eigenvalue weighted by Crippen LogP contribution is -2.13. The van der Waals surface area contributed by atoms with Crippen LogP contribution in [0.1, 0.15) is 41.8 Å². The SMILES string of the molecule is Cc1cccc(NC(=O)c2cccc(OCc3nnnn3C(C)C)c2)n1. The number of nitrogens with one attached hydrogen (secondary N) is 1. The minimum atomic E-state index is -0.249. The van der Waals surface area contributed by atoms with Crippen LogP contribution in [0.5, 0.6) is 5.75 Å². The Labute approximate surface area is 151 Å². The summed E-state index contributed by atoms with van der Waals surface area (Å²) in [7, 11) is 0. The summed E-state index contributed by atoms with van der Waals surface area (Å²) in [5, 5.41) is 14.3. The number of carbonyl (C=O) groups is 1. The Balaban J connectivity index is 1.67. The van der Waals surface area contributed by atoms with Crippen molar-refractivity contribution in [3.8, 4) is 5.75 Å². The number of hydrogen-bond acceptors (Lipinski definition) is 6. The van der Waals surface area contributed by atoms with Gasteiger partial charge in [-0.3, -0.25) is 4.79 Å². The number of ether oxygens (including phenoxy) is 1. The second kappa shape index (κ2) is 7.73. The van der Waals surface area contributed by atoms with Crippen LogP contribution in [0.15, 0.2) is 42.5 Å². The van der Waals surface area contributed by atoms with E-state index in [-0.39, 0.29) is 18.6 Å². The zero-order valence-corrected chi connectivity index (χ0v) is 14.9. The first-order chi connectivity index (χ1) is 12.5. The lowest BCUT2D eigenvalue weighted by molar-refractivity contribution is 0.102. The quantitative estimate of drug-likeness (QED) is 0.733. The summed E-state index contributed by atoms with van der Waals surface area (Å²) in [4.78, 5) is 16.7.